The zero-order valence-corrected chi connectivity index (χ0v) is 15.3. The normalized spacial score (nSPS) is 13.0. The van der Waals surface area contributed by atoms with E-state index in [0.29, 0.717) is 23.2 Å². The molecule has 0 radical (unpaired) electrons. The number of amides is 3. The average Bonchev–Trinajstić information content (AvgIpc) is 3.27. The van der Waals surface area contributed by atoms with Crippen molar-refractivity contribution in [2.75, 3.05) is 12.4 Å². The van der Waals surface area contributed by atoms with E-state index in [9.17, 15) is 14.4 Å². The van der Waals surface area contributed by atoms with Crippen LogP contribution in [0, 0.1) is 0 Å². The number of nitrogens with one attached hydrogen (secondary N) is 1. The first-order valence-electron chi connectivity index (χ1n) is 8.88. The highest BCUT2D eigenvalue weighted by Crippen LogP contribution is 2.24. The molecule has 0 spiro atoms. The molecule has 1 aliphatic heterocycles. The Balaban J connectivity index is 1.38. The maximum Gasteiger partial charge on any atom is 0.261 e. The second-order valence-corrected chi connectivity index (χ2v) is 6.61. The predicted molar refractivity (Wildman–Crippen MR) is 103 cm³/mol. The molecule has 0 atom stereocenters. The molecule has 1 N–H and O–H groups in total. The van der Waals surface area contributed by atoms with Gasteiger partial charge in [-0.25, -0.2) is 4.68 Å². The third kappa shape index (κ3) is 3.29. The molecule has 140 valence electrons. The van der Waals surface area contributed by atoms with Gasteiger partial charge in [0.15, 0.2) is 0 Å². The number of rotatable bonds is 5. The standard InChI is InChI=1S/C21H18N4O3/c1-24-20(27)17-9-8-15(11-18(17)21(24)28)23-19(26)10-7-14-12-22-25(13-14)16-5-3-2-4-6-16/h2-6,8-9,11-13H,7,10H2,1H3,(H,23,26). The van der Waals surface area contributed by atoms with Crippen molar-refractivity contribution < 1.29 is 14.4 Å². The van der Waals surface area contributed by atoms with Crippen LogP contribution < -0.4 is 5.32 Å². The van der Waals surface area contributed by atoms with E-state index >= 15 is 0 Å². The summed E-state index contributed by atoms with van der Waals surface area (Å²) in [4.78, 5) is 37.3. The topological polar surface area (TPSA) is 84.3 Å². The van der Waals surface area contributed by atoms with Crippen molar-refractivity contribution in [1.82, 2.24) is 14.7 Å². The summed E-state index contributed by atoms with van der Waals surface area (Å²) in [5, 5.41) is 7.10. The van der Waals surface area contributed by atoms with Crippen molar-refractivity contribution in [2.24, 2.45) is 0 Å². The van der Waals surface area contributed by atoms with Gasteiger partial charge in [0.05, 0.1) is 23.0 Å². The zero-order valence-electron chi connectivity index (χ0n) is 15.3. The minimum absolute atomic E-state index is 0.169. The van der Waals surface area contributed by atoms with E-state index in [1.165, 1.54) is 7.05 Å². The summed E-state index contributed by atoms with van der Waals surface area (Å²) in [6.45, 7) is 0. The van der Waals surface area contributed by atoms with E-state index in [-0.39, 0.29) is 24.1 Å². The minimum Gasteiger partial charge on any atom is -0.326 e. The Hall–Kier alpha value is -3.74. The van der Waals surface area contributed by atoms with E-state index in [2.05, 4.69) is 10.4 Å². The molecule has 1 aromatic heterocycles. The van der Waals surface area contributed by atoms with E-state index in [1.807, 2.05) is 36.5 Å². The summed E-state index contributed by atoms with van der Waals surface area (Å²) in [6.07, 6.45) is 4.47. The smallest absolute Gasteiger partial charge is 0.261 e. The van der Waals surface area contributed by atoms with Gasteiger partial charge in [-0.1, -0.05) is 18.2 Å². The molecule has 2 aromatic carbocycles. The van der Waals surface area contributed by atoms with Gasteiger partial charge in [0.25, 0.3) is 11.8 Å². The number of imide groups is 1. The number of hydrogen-bond donors (Lipinski definition) is 1. The summed E-state index contributed by atoms with van der Waals surface area (Å²) in [7, 11) is 1.44. The van der Waals surface area contributed by atoms with Crippen LogP contribution in [0.3, 0.4) is 0 Å². The molecule has 0 fully saturated rings. The molecule has 7 heteroatoms. The van der Waals surface area contributed by atoms with Crippen LogP contribution in [0.4, 0.5) is 5.69 Å². The van der Waals surface area contributed by atoms with Crippen molar-refractivity contribution in [3.63, 3.8) is 0 Å². The van der Waals surface area contributed by atoms with Gasteiger partial charge >= 0.3 is 0 Å². The highest BCUT2D eigenvalue weighted by Gasteiger charge is 2.32. The number of carbonyl (C=O) groups is 3. The van der Waals surface area contributed by atoms with E-state index in [1.54, 1.807) is 29.1 Å². The maximum absolute atomic E-state index is 12.3. The molecule has 28 heavy (non-hydrogen) atoms. The van der Waals surface area contributed by atoms with Crippen LogP contribution in [-0.2, 0) is 11.2 Å². The number of hydrogen-bond acceptors (Lipinski definition) is 4. The van der Waals surface area contributed by atoms with Crippen LogP contribution in [-0.4, -0.2) is 39.4 Å². The quantitative estimate of drug-likeness (QED) is 0.696. The Morgan fingerprint density at radius 2 is 1.79 bits per heavy atom. The number of para-hydroxylation sites is 1. The highest BCUT2D eigenvalue weighted by molar-refractivity contribution is 6.21. The van der Waals surface area contributed by atoms with Gasteiger partial charge in [0.2, 0.25) is 5.91 Å². The molecular formula is C21H18N4O3. The van der Waals surface area contributed by atoms with Crippen molar-refractivity contribution >= 4 is 23.4 Å². The molecular weight excluding hydrogens is 356 g/mol. The van der Waals surface area contributed by atoms with E-state index in [4.69, 9.17) is 0 Å². The van der Waals surface area contributed by atoms with Crippen LogP contribution in [0.5, 0.6) is 0 Å². The number of aryl methyl sites for hydroxylation is 1. The van der Waals surface area contributed by atoms with Crippen molar-refractivity contribution in [3.05, 3.63) is 77.6 Å². The Kier molecular flexibility index (Phi) is 4.49. The first kappa shape index (κ1) is 17.7. The minimum atomic E-state index is -0.357. The SMILES string of the molecule is CN1C(=O)c2ccc(NC(=O)CCc3cnn(-c4ccccc4)c3)cc2C1=O. The number of aromatic nitrogens is 2. The molecule has 3 amide bonds. The Morgan fingerprint density at radius 3 is 2.57 bits per heavy atom. The summed E-state index contributed by atoms with van der Waals surface area (Å²) in [5.41, 5.74) is 3.09. The second-order valence-electron chi connectivity index (χ2n) is 6.61. The molecule has 0 bridgehead atoms. The maximum atomic E-state index is 12.3. The fraction of sp³-hybridized carbons (Fsp3) is 0.143. The Morgan fingerprint density at radius 1 is 1.04 bits per heavy atom. The van der Waals surface area contributed by atoms with E-state index in [0.717, 1.165) is 16.2 Å². The number of nitrogens with zero attached hydrogens (tertiary/aromatic N) is 3. The molecule has 1 aliphatic rings. The zero-order chi connectivity index (χ0) is 19.7. The molecule has 0 saturated carbocycles. The Labute approximate surface area is 161 Å². The van der Waals surface area contributed by atoms with Gasteiger partial charge in [-0.15, -0.1) is 0 Å². The third-order valence-electron chi connectivity index (χ3n) is 4.67. The molecule has 0 aliphatic carbocycles. The molecule has 7 nitrogen and oxygen atoms in total. The first-order valence-corrected chi connectivity index (χ1v) is 8.88. The van der Waals surface area contributed by atoms with Crippen molar-refractivity contribution in [2.45, 2.75) is 12.8 Å². The van der Waals surface area contributed by atoms with Gasteiger partial charge in [0, 0.05) is 25.4 Å². The van der Waals surface area contributed by atoms with Crippen LogP contribution in [0.2, 0.25) is 0 Å². The van der Waals surface area contributed by atoms with Gasteiger partial charge in [-0.05, 0) is 42.3 Å². The van der Waals surface area contributed by atoms with Crippen LogP contribution in [0.1, 0.15) is 32.7 Å². The fourth-order valence-electron chi connectivity index (χ4n) is 3.13. The lowest BCUT2D eigenvalue weighted by molar-refractivity contribution is -0.116. The lowest BCUT2D eigenvalue weighted by Gasteiger charge is -2.06. The van der Waals surface area contributed by atoms with Gasteiger partial charge in [0.1, 0.15) is 0 Å². The van der Waals surface area contributed by atoms with Gasteiger partial charge < -0.3 is 5.32 Å². The monoisotopic (exact) mass is 374 g/mol. The van der Waals surface area contributed by atoms with Crippen molar-refractivity contribution in [3.8, 4) is 5.69 Å². The Bertz CT molecular complexity index is 1070. The number of anilines is 1. The second kappa shape index (κ2) is 7.11. The fourth-order valence-corrected chi connectivity index (χ4v) is 3.13. The van der Waals surface area contributed by atoms with Gasteiger partial charge in [-0.3, -0.25) is 19.3 Å². The molecule has 4 rings (SSSR count). The summed E-state index contributed by atoms with van der Waals surface area (Å²) >= 11 is 0. The number of benzene rings is 2. The average molecular weight is 374 g/mol. The third-order valence-corrected chi connectivity index (χ3v) is 4.67. The number of fused-ring (bicyclic) bond motifs is 1. The predicted octanol–water partition coefficient (Wildman–Crippen LogP) is 2.67. The molecule has 0 unspecified atom stereocenters. The van der Waals surface area contributed by atoms with E-state index < -0.39 is 0 Å². The molecule has 0 saturated heterocycles. The lowest BCUT2D eigenvalue weighted by Crippen LogP contribution is -2.24. The summed E-state index contributed by atoms with van der Waals surface area (Å²) < 4.78 is 1.77. The van der Waals surface area contributed by atoms with Crippen LogP contribution in [0.25, 0.3) is 5.69 Å². The summed E-state index contributed by atoms with van der Waals surface area (Å²) in [5.74, 6) is -0.852. The molecule has 3 aromatic rings. The largest absolute Gasteiger partial charge is 0.326 e. The van der Waals surface area contributed by atoms with Crippen LogP contribution in [0.15, 0.2) is 60.9 Å². The van der Waals surface area contributed by atoms with Crippen LogP contribution >= 0.6 is 0 Å². The lowest BCUT2D eigenvalue weighted by atomic mass is 10.1. The van der Waals surface area contributed by atoms with Gasteiger partial charge in [-0.2, -0.15) is 5.10 Å². The molecule has 2 heterocycles. The highest BCUT2D eigenvalue weighted by atomic mass is 16.2. The summed E-state index contributed by atoms with van der Waals surface area (Å²) in [6, 6.07) is 14.5. The first-order chi connectivity index (χ1) is 13.5. The number of carbonyl (C=O) groups excluding carboxylic acids is 3. The van der Waals surface area contributed by atoms with Crippen molar-refractivity contribution in [1.29, 1.82) is 0 Å².